The molecule has 0 radical (unpaired) electrons. The third kappa shape index (κ3) is 10.2. The molecule has 0 unspecified atom stereocenters. The van der Waals surface area contributed by atoms with E-state index < -0.39 is 14.0 Å². The van der Waals surface area contributed by atoms with Crippen LogP contribution in [0.3, 0.4) is 0 Å². The summed E-state index contributed by atoms with van der Waals surface area (Å²) < 4.78 is 0.537. The van der Waals surface area contributed by atoms with Gasteiger partial charge in [-0.3, -0.25) is 0 Å². The van der Waals surface area contributed by atoms with E-state index in [4.69, 9.17) is 0 Å². The molecule has 0 heterocycles. The van der Waals surface area contributed by atoms with E-state index in [1.165, 1.54) is 18.9 Å². The monoisotopic (exact) mass is 245 g/mol. The summed E-state index contributed by atoms with van der Waals surface area (Å²) in [7, 11) is 3.02. The maximum absolute atomic E-state index is 10.5. The van der Waals surface area contributed by atoms with Crippen LogP contribution in [0.1, 0.15) is 19.3 Å². The minimum absolute atomic E-state index is 0.119. The largest absolute Gasteiger partial charge is 0.544 e. The molecule has 16 heavy (non-hydrogen) atoms. The molecule has 0 atom stereocenters. The number of rotatable bonds is 8. The van der Waals surface area contributed by atoms with E-state index in [0.717, 1.165) is 13.0 Å². The van der Waals surface area contributed by atoms with Gasteiger partial charge in [0.2, 0.25) is 0 Å². The maximum atomic E-state index is 10.5. The Morgan fingerprint density at radius 2 is 1.69 bits per heavy atom. The van der Waals surface area contributed by atoms with Crippen molar-refractivity contribution in [2.24, 2.45) is 0 Å². The second-order valence-electron chi connectivity index (χ2n) is 6.56. The maximum Gasteiger partial charge on any atom is 0.119 e. The third-order valence-corrected chi connectivity index (χ3v) is 4.60. The second kappa shape index (κ2) is 6.40. The lowest BCUT2D eigenvalue weighted by atomic mass is 10.2. The van der Waals surface area contributed by atoms with E-state index in [1.54, 1.807) is 0 Å². The van der Waals surface area contributed by atoms with Crippen molar-refractivity contribution in [3.63, 3.8) is 0 Å². The highest BCUT2D eigenvalue weighted by Crippen LogP contribution is 2.14. The van der Waals surface area contributed by atoms with Gasteiger partial charge < -0.3 is 14.4 Å². The lowest BCUT2D eigenvalue weighted by Gasteiger charge is -2.30. The molecular weight excluding hydrogens is 218 g/mol. The molecule has 0 amide bonds. The van der Waals surface area contributed by atoms with Gasteiger partial charge in [-0.2, -0.15) is 0 Å². The molecule has 3 nitrogen and oxygen atoms in total. The molecule has 0 N–H and O–H groups in total. The topological polar surface area (TPSA) is 40.1 Å². The number of carboxylic acid groups (broad SMARTS) is 1. The number of carbonyl (C=O) groups excluding carboxylic acids is 1. The molecule has 0 aromatic carbocycles. The molecule has 0 saturated heterocycles. The van der Waals surface area contributed by atoms with Crippen molar-refractivity contribution in [1.82, 2.24) is 0 Å². The van der Waals surface area contributed by atoms with Gasteiger partial charge in [-0.1, -0.05) is 32.1 Å². The van der Waals surface area contributed by atoms with Gasteiger partial charge in [0.05, 0.1) is 26.6 Å². The minimum atomic E-state index is -0.952. The van der Waals surface area contributed by atoms with E-state index in [0.29, 0.717) is 4.48 Å². The fourth-order valence-corrected chi connectivity index (χ4v) is 3.11. The van der Waals surface area contributed by atoms with Crippen LogP contribution >= 0.6 is 0 Å². The quantitative estimate of drug-likeness (QED) is 0.368. The summed E-state index contributed by atoms with van der Waals surface area (Å²) in [5.74, 6) is -0.952. The van der Waals surface area contributed by atoms with Crippen LogP contribution in [0.25, 0.3) is 0 Å². The number of carboxylic acids is 1. The van der Waals surface area contributed by atoms with Crippen LogP contribution in [0.15, 0.2) is 0 Å². The van der Waals surface area contributed by atoms with E-state index in [-0.39, 0.29) is 6.54 Å². The van der Waals surface area contributed by atoms with E-state index in [9.17, 15) is 9.90 Å². The van der Waals surface area contributed by atoms with Crippen molar-refractivity contribution in [1.29, 1.82) is 0 Å². The molecule has 0 saturated carbocycles. The van der Waals surface area contributed by atoms with Gasteiger partial charge in [-0.25, -0.2) is 0 Å². The van der Waals surface area contributed by atoms with Crippen LogP contribution in [0.2, 0.25) is 25.7 Å². The summed E-state index contributed by atoms with van der Waals surface area (Å²) in [6.07, 6.45) is 3.63. The van der Waals surface area contributed by atoms with E-state index in [2.05, 4.69) is 19.6 Å². The number of carbonyl (C=O) groups is 1. The van der Waals surface area contributed by atoms with Crippen LogP contribution in [-0.4, -0.2) is 45.7 Å². The lowest BCUT2D eigenvalue weighted by molar-refractivity contribution is -0.885. The molecule has 0 rings (SSSR count). The van der Waals surface area contributed by atoms with Gasteiger partial charge in [0.25, 0.3) is 0 Å². The Labute approximate surface area is 101 Å². The SMILES string of the molecule is C[N+](C)(CCCCC[Si](C)(C)C)CC(=O)[O-]. The van der Waals surface area contributed by atoms with Crippen LogP contribution in [0, 0.1) is 0 Å². The fourth-order valence-electron chi connectivity index (χ4n) is 1.80. The predicted molar refractivity (Wildman–Crippen MR) is 68.9 cm³/mol. The van der Waals surface area contributed by atoms with Crippen molar-refractivity contribution in [3.8, 4) is 0 Å². The number of nitrogens with zero attached hydrogens (tertiary/aromatic N) is 1. The Kier molecular flexibility index (Phi) is 6.26. The zero-order chi connectivity index (χ0) is 12.8. The van der Waals surface area contributed by atoms with Crippen LogP contribution in [-0.2, 0) is 4.79 Å². The van der Waals surface area contributed by atoms with Crippen LogP contribution in [0.4, 0.5) is 0 Å². The lowest BCUT2D eigenvalue weighted by Crippen LogP contribution is -2.48. The molecule has 0 aromatic heterocycles. The molecule has 4 heteroatoms. The number of hydrogen-bond donors (Lipinski definition) is 0. The number of quaternary nitrogens is 1. The first-order valence-electron chi connectivity index (χ1n) is 6.14. The Morgan fingerprint density at radius 3 is 2.12 bits per heavy atom. The highest BCUT2D eigenvalue weighted by atomic mass is 28.3. The van der Waals surface area contributed by atoms with E-state index >= 15 is 0 Å². The molecule has 0 aliphatic rings. The fraction of sp³-hybridized carbons (Fsp3) is 0.917. The first kappa shape index (κ1) is 15.6. The standard InChI is InChI=1S/C12H27NO2Si/c1-13(2,11-12(14)15)9-7-6-8-10-16(3,4)5/h6-11H2,1-5H3. The highest BCUT2D eigenvalue weighted by Gasteiger charge is 2.15. The van der Waals surface area contributed by atoms with Gasteiger partial charge in [-0.05, 0) is 12.8 Å². The average Bonchev–Trinajstić information content (AvgIpc) is 1.98. The minimum Gasteiger partial charge on any atom is -0.544 e. The number of likely N-dealkylation sites (N-methyl/N-ethyl adjacent to an activating group) is 1. The second-order valence-corrected chi connectivity index (χ2v) is 12.2. The van der Waals surface area contributed by atoms with Crippen LogP contribution in [0.5, 0.6) is 0 Å². The first-order chi connectivity index (χ1) is 7.12. The van der Waals surface area contributed by atoms with Gasteiger partial charge >= 0.3 is 0 Å². The average molecular weight is 245 g/mol. The summed E-state index contributed by atoms with van der Waals surface area (Å²) in [4.78, 5) is 10.5. The Bertz CT molecular complexity index is 222. The summed E-state index contributed by atoms with van der Waals surface area (Å²) in [5, 5.41) is 10.5. The summed E-state index contributed by atoms with van der Waals surface area (Å²) in [5.41, 5.74) is 0. The zero-order valence-corrected chi connectivity index (χ0v) is 12.5. The normalized spacial score (nSPS) is 12.8. The summed E-state index contributed by atoms with van der Waals surface area (Å²) in [6.45, 7) is 8.23. The molecule has 0 spiro atoms. The summed E-state index contributed by atoms with van der Waals surface area (Å²) >= 11 is 0. The third-order valence-electron chi connectivity index (χ3n) is 2.75. The highest BCUT2D eigenvalue weighted by molar-refractivity contribution is 6.76. The smallest absolute Gasteiger partial charge is 0.119 e. The number of aliphatic carboxylic acids is 1. The van der Waals surface area contributed by atoms with Crippen molar-refractivity contribution in [2.75, 3.05) is 27.2 Å². The number of hydrogen-bond acceptors (Lipinski definition) is 2. The molecule has 0 aliphatic heterocycles. The molecule has 0 aliphatic carbocycles. The molecule has 0 fully saturated rings. The van der Waals surface area contributed by atoms with E-state index in [1.807, 2.05) is 14.1 Å². The van der Waals surface area contributed by atoms with Crippen molar-refractivity contribution >= 4 is 14.0 Å². The predicted octanol–water partition coefficient (Wildman–Crippen LogP) is 1.32. The van der Waals surface area contributed by atoms with Gasteiger partial charge in [0, 0.05) is 8.07 Å². The number of unbranched alkanes of at least 4 members (excludes halogenated alkanes) is 2. The van der Waals surface area contributed by atoms with Crippen LogP contribution < -0.4 is 5.11 Å². The van der Waals surface area contributed by atoms with Crippen molar-refractivity contribution in [2.45, 2.75) is 44.9 Å². The molecule has 0 aromatic rings. The van der Waals surface area contributed by atoms with Gasteiger partial charge in [0.15, 0.2) is 0 Å². The van der Waals surface area contributed by atoms with Gasteiger partial charge in [0.1, 0.15) is 6.54 Å². The Hall–Kier alpha value is -0.353. The van der Waals surface area contributed by atoms with Crippen molar-refractivity contribution < 1.29 is 14.4 Å². The summed E-state index contributed by atoms with van der Waals surface area (Å²) in [6, 6.07) is 1.38. The van der Waals surface area contributed by atoms with Gasteiger partial charge in [-0.15, -0.1) is 0 Å². The molecular formula is C12H27NO2Si. The Balaban J connectivity index is 3.62. The zero-order valence-electron chi connectivity index (χ0n) is 11.5. The first-order valence-corrected chi connectivity index (χ1v) is 9.85. The van der Waals surface area contributed by atoms with Crippen molar-refractivity contribution in [3.05, 3.63) is 0 Å². The Morgan fingerprint density at radius 1 is 1.12 bits per heavy atom. The molecule has 0 bridgehead atoms. The molecule has 96 valence electrons.